The van der Waals surface area contributed by atoms with Gasteiger partial charge in [-0.25, -0.2) is 4.98 Å². The summed E-state index contributed by atoms with van der Waals surface area (Å²) < 4.78 is 0. The number of hydrogen-bond donors (Lipinski definition) is 1. The summed E-state index contributed by atoms with van der Waals surface area (Å²) in [4.78, 5) is 23.4. The van der Waals surface area contributed by atoms with E-state index in [0.717, 1.165) is 37.6 Å². The normalized spacial score (nSPS) is 19.3. The van der Waals surface area contributed by atoms with Gasteiger partial charge in [-0.2, -0.15) is 0 Å². The fourth-order valence-corrected chi connectivity index (χ4v) is 2.83. The Balaban J connectivity index is 1.78. The molecule has 5 heteroatoms. The molecular weight excluding hydrogens is 252 g/mol. The SMILES string of the molecule is CCCCc1ncc(CN(C)C[C@@H]2CC(=O)N(C)C2)[nH]1. The number of rotatable bonds is 7. The van der Waals surface area contributed by atoms with E-state index in [1.807, 2.05) is 18.1 Å². The van der Waals surface area contributed by atoms with E-state index in [1.54, 1.807) is 0 Å². The molecule has 1 fully saturated rings. The molecule has 1 aliphatic heterocycles. The quantitative estimate of drug-likeness (QED) is 0.825. The number of hydrogen-bond acceptors (Lipinski definition) is 3. The number of likely N-dealkylation sites (tertiary alicyclic amines) is 1. The van der Waals surface area contributed by atoms with Crippen molar-refractivity contribution in [3.63, 3.8) is 0 Å². The van der Waals surface area contributed by atoms with Gasteiger partial charge in [0.25, 0.3) is 0 Å². The Kier molecular flexibility index (Phi) is 5.17. The highest BCUT2D eigenvalue weighted by molar-refractivity contribution is 5.78. The first kappa shape index (κ1) is 15.0. The predicted octanol–water partition coefficient (Wildman–Crippen LogP) is 1.66. The molecule has 1 amide bonds. The lowest BCUT2D eigenvalue weighted by Crippen LogP contribution is -2.27. The van der Waals surface area contributed by atoms with Gasteiger partial charge in [0.15, 0.2) is 0 Å². The van der Waals surface area contributed by atoms with Crippen molar-refractivity contribution in [1.29, 1.82) is 0 Å². The summed E-state index contributed by atoms with van der Waals surface area (Å²) in [6, 6.07) is 0. The van der Waals surface area contributed by atoms with E-state index in [2.05, 4.69) is 28.8 Å². The van der Waals surface area contributed by atoms with Crippen molar-refractivity contribution >= 4 is 5.91 Å². The molecule has 1 aromatic rings. The highest BCUT2D eigenvalue weighted by Crippen LogP contribution is 2.17. The van der Waals surface area contributed by atoms with Crippen LogP contribution in [0.15, 0.2) is 6.20 Å². The van der Waals surface area contributed by atoms with Crippen molar-refractivity contribution in [3.8, 4) is 0 Å². The summed E-state index contributed by atoms with van der Waals surface area (Å²) in [5.74, 6) is 1.82. The van der Waals surface area contributed by atoms with Crippen molar-refractivity contribution in [2.75, 3.05) is 27.2 Å². The Hall–Kier alpha value is -1.36. The summed E-state index contributed by atoms with van der Waals surface area (Å²) in [5, 5.41) is 0. The van der Waals surface area contributed by atoms with Crippen LogP contribution in [0.5, 0.6) is 0 Å². The molecule has 0 bridgehead atoms. The van der Waals surface area contributed by atoms with Gasteiger partial charge in [-0.1, -0.05) is 13.3 Å². The van der Waals surface area contributed by atoms with Gasteiger partial charge in [-0.05, 0) is 19.4 Å². The van der Waals surface area contributed by atoms with Crippen LogP contribution < -0.4 is 0 Å². The molecule has 1 saturated heterocycles. The number of nitrogens with one attached hydrogen (secondary N) is 1. The highest BCUT2D eigenvalue weighted by atomic mass is 16.2. The first-order valence-electron chi connectivity index (χ1n) is 7.53. The van der Waals surface area contributed by atoms with Crippen LogP contribution in [0.1, 0.15) is 37.7 Å². The standard InChI is InChI=1S/C15H26N4O/c1-4-5-6-14-16-8-13(17-14)11-18(2)9-12-7-15(20)19(3)10-12/h8,12H,4-7,9-11H2,1-3H3,(H,16,17)/t12-/m0/s1. The molecule has 0 spiro atoms. The zero-order chi connectivity index (χ0) is 14.5. The fourth-order valence-electron chi connectivity index (χ4n) is 2.83. The molecule has 0 unspecified atom stereocenters. The van der Waals surface area contributed by atoms with E-state index < -0.39 is 0 Å². The topological polar surface area (TPSA) is 52.2 Å². The maximum atomic E-state index is 11.5. The molecular formula is C15H26N4O. The average Bonchev–Trinajstić information content (AvgIpc) is 2.94. The lowest BCUT2D eigenvalue weighted by molar-refractivity contribution is -0.126. The second-order valence-corrected chi connectivity index (χ2v) is 6.00. The van der Waals surface area contributed by atoms with Gasteiger partial charge in [-0.3, -0.25) is 4.79 Å². The Morgan fingerprint density at radius 1 is 1.55 bits per heavy atom. The van der Waals surface area contributed by atoms with Crippen molar-refractivity contribution < 1.29 is 4.79 Å². The van der Waals surface area contributed by atoms with Crippen LogP contribution in [-0.2, 0) is 17.8 Å². The number of aromatic amines is 1. The first-order valence-corrected chi connectivity index (χ1v) is 7.53. The van der Waals surface area contributed by atoms with Gasteiger partial charge in [-0.15, -0.1) is 0 Å². The monoisotopic (exact) mass is 278 g/mol. The molecule has 1 aliphatic rings. The smallest absolute Gasteiger partial charge is 0.222 e. The molecule has 1 aromatic heterocycles. The number of carbonyl (C=O) groups is 1. The van der Waals surface area contributed by atoms with Gasteiger partial charge < -0.3 is 14.8 Å². The number of aryl methyl sites for hydroxylation is 1. The van der Waals surface area contributed by atoms with Crippen molar-refractivity contribution in [2.45, 2.75) is 39.2 Å². The number of nitrogens with zero attached hydrogens (tertiary/aromatic N) is 3. The maximum absolute atomic E-state index is 11.5. The second-order valence-electron chi connectivity index (χ2n) is 6.00. The Morgan fingerprint density at radius 2 is 2.35 bits per heavy atom. The molecule has 20 heavy (non-hydrogen) atoms. The molecule has 1 atom stereocenters. The molecule has 0 radical (unpaired) electrons. The highest BCUT2D eigenvalue weighted by Gasteiger charge is 2.27. The van der Waals surface area contributed by atoms with Crippen LogP contribution in [0.3, 0.4) is 0 Å². The van der Waals surface area contributed by atoms with Crippen LogP contribution in [0.2, 0.25) is 0 Å². The van der Waals surface area contributed by atoms with Gasteiger partial charge >= 0.3 is 0 Å². The summed E-state index contributed by atoms with van der Waals surface area (Å²) in [7, 11) is 3.99. The maximum Gasteiger partial charge on any atom is 0.222 e. The van der Waals surface area contributed by atoms with Crippen LogP contribution in [0.25, 0.3) is 0 Å². The lowest BCUT2D eigenvalue weighted by atomic mass is 10.1. The van der Waals surface area contributed by atoms with E-state index >= 15 is 0 Å². The van der Waals surface area contributed by atoms with Gasteiger partial charge in [0, 0.05) is 51.4 Å². The van der Waals surface area contributed by atoms with Crippen LogP contribution >= 0.6 is 0 Å². The van der Waals surface area contributed by atoms with E-state index in [-0.39, 0.29) is 5.91 Å². The van der Waals surface area contributed by atoms with Gasteiger partial charge in [0.1, 0.15) is 5.82 Å². The van der Waals surface area contributed by atoms with E-state index in [9.17, 15) is 4.79 Å². The summed E-state index contributed by atoms with van der Waals surface area (Å²) in [6.45, 7) is 4.90. The molecule has 2 rings (SSSR count). The summed E-state index contributed by atoms with van der Waals surface area (Å²) in [6.07, 6.45) is 6.03. The number of carbonyl (C=O) groups excluding carboxylic acids is 1. The zero-order valence-electron chi connectivity index (χ0n) is 12.9. The molecule has 0 saturated carbocycles. The summed E-state index contributed by atoms with van der Waals surface area (Å²) in [5.41, 5.74) is 1.16. The molecule has 0 aliphatic carbocycles. The summed E-state index contributed by atoms with van der Waals surface area (Å²) >= 11 is 0. The van der Waals surface area contributed by atoms with Crippen molar-refractivity contribution in [1.82, 2.24) is 19.8 Å². The number of H-pyrrole nitrogens is 1. The van der Waals surface area contributed by atoms with Crippen molar-refractivity contribution in [3.05, 3.63) is 17.7 Å². The Labute approximate surface area is 121 Å². The number of unbranched alkanes of at least 4 members (excludes halogenated alkanes) is 1. The largest absolute Gasteiger partial charge is 0.345 e. The number of aromatic nitrogens is 2. The number of imidazole rings is 1. The van der Waals surface area contributed by atoms with Gasteiger partial charge in [0.05, 0.1) is 0 Å². The van der Waals surface area contributed by atoms with Crippen molar-refractivity contribution in [2.24, 2.45) is 5.92 Å². The third-order valence-electron chi connectivity index (χ3n) is 3.88. The minimum absolute atomic E-state index is 0.270. The third-order valence-corrected chi connectivity index (χ3v) is 3.88. The van der Waals surface area contributed by atoms with Gasteiger partial charge in [0.2, 0.25) is 5.91 Å². The molecule has 1 N–H and O–H groups in total. The average molecular weight is 278 g/mol. The number of amides is 1. The van der Waals surface area contributed by atoms with Crippen LogP contribution in [-0.4, -0.2) is 52.9 Å². The van der Waals surface area contributed by atoms with E-state index in [0.29, 0.717) is 12.3 Å². The minimum Gasteiger partial charge on any atom is -0.345 e. The van der Waals surface area contributed by atoms with E-state index in [4.69, 9.17) is 0 Å². The molecule has 2 heterocycles. The molecule has 0 aromatic carbocycles. The molecule has 5 nitrogen and oxygen atoms in total. The Bertz CT molecular complexity index is 443. The fraction of sp³-hybridized carbons (Fsp3) is 0.733. The van der Waals surface area contributed by atoms with E-state index in [1.165, 1.54) is 12.8 Å². The molecule has 112 valence electrons. The van der Waals surface area contributed by atoms with Crippen LogP contribution in [0, 0.1) is 5.92 Å². The zero-order valence-corrected chi connectivity index (χ0v) is 12.9. The first-order chi connectivity index (χ1) is 9.58. The minimum atomic E-state index is 0.270. The second kappa shape index (κ2) is 6.88. The lowest BCUT2D eigenvalue weighted by Gasteiger charge is -2.19. The van der Waals surface area contributed by atoms with Crippen LogP contribution in [0.4, 0.5) is 0 Å². The predicted molar refractivity (Wildman–Crippen MR) is 79.3 cm³/mol. The third kappa shape index (κ3) is 4.07. The Morgan fingerprint density at radius 3 is 3.00 bits per heavy atom.